The van der Waals surface area contributed by atoms with Crippen LogP contribution in [0.25, 0.3) is 10.9 Å². The Morgan fingerprint density at radius 3 is 2.64 bits per heavy atom. The van der Waals surface area contributed by atoms with E-state index in [4.69, 9.17) is 4.74 Å². The molecule has 2 aromatic carbocycles. The Hall–Kier alpha value is -2.10. The Morgan fingerprint density at radius 2 is 1.91 bits per heavy atom. The molecule has 3 heteroatoms. The summed E-state index contributed by atoms with van der Waals surface area (Å²) in [5.74, 6) is 0. The van der Waals surface area contributed by atoms with Crippen molar-refractivity contribution in [2.45, 2.75) is 25.2 Å². The molecule has 0 spiro atoms. The molecule has 1 saturated heterocycles. The number of para-hydroxylation sites is 1. The van der Waals surface area contributed by atoms with E-state index in [9.17, 15) is 5.11 Å². The fourth-order valence-electron chi connectivity index (χ4n) is 3.28. The van der Waals surface area contributed by atoms with Crippen molar-refractivity contribution >= 4 is 10.9 Å². The van der Waals surface area contributed by atoms with Gasteiger partial charge in [-0.25, -0.2) is 0 Å². The number of nitrogens with zero attached hydrogens (tertiary/aromatic N) is 1. The van der Waals surface area contributed by atoms with Crippen LogP contribution in [0.4, 0.5) is 0 Å². The molecule has 1 aromatic heterocycles. The van der Waals surface area contributed by atoms with Gasteiger partial charge in [0.1, 0.15) is 11.7 Å². The molecule has 1 N–H and O–H groups in total. The van der Waals surface area contributed by atoms with Crippen LogP contribution in [0.3, 0.4) is 0 Å². The molecular weight excluding hydrogens is 274 g/mol. The topological polar surface area (TPSA) is 37.7 Å². The van der Waals surface area contributed by atoms with Gasteiger partial charge in [0.2, 0.25) is 0 Å². The summed E-state index contributed by atoms with van der Waals surface area (Å²) in [4.78, 5) is 0. The van der Waals surface area contributed by atoms with Gasteiger partial charge >= 0.3 is 0 Å². The predicted molar refractivity (Wildman–Crippen MR) is 86.8 cm³/mol. The minimum absolute atomic E-state index is 0.0618. The van der Waals surface area contributed by atoms with E-state index in [1.54, 1.807) is 0 Å². The Bertz CT molecular complexity index is 809. The third-order valence-electron chi connectivity index (χ3n) is 4.63. The molecule has 22 heavy (non-hydrogen) atoms. The zero-order chi connectivity index (χ0) is 15.2. The number of ether oxygens (including phenoxy) is 1. The second kappa shape index (κ2) is 4.97. The fraction of sp³-hybridized carbons (Fsp3) is 0.263. The zero-order valence-corrected chi connectivity index (χ0v) is 12.6. The van der Waals surface area contributed by atoms with Gasteiger partial charge in [-0.15, -0.1) is 0 Å². The van der Waals surface area contributed by atoms with Crippen molar-refractivity contribution in [3.8, 4) is 0 Å². The molecule has 2 heterocycles. The van der Waals surface area contributed by atoms with Gasteiger partial charge in [-0.05, 0) is 23.9 Å². The van der Waals surface area contributed by atoms with E-state index in [1.807, 2.05) is 6.07 Å². The molecule has 112 valence electrons. The highest BCUT2D eigenvalue weighted by atomic mass is 16.6. The fourth-order valence-corrected chi connectivity index (χ4v) is 3.28. The Balaban J connectivity index is 1.81. The average Bonchev–Trinajstić information content (AvgIpc) is 3.07. The molecule has 3 aromatic rings. The first-order valence-electron chi connectivity index (χ1n) is 7.63. The molecule has 0 aliphatic carbocycles. The highest BCUT2D eigenvalue weighted by Gasteiger charge is 2.54. The monoisotopic (exact) mass is 293 g/mol. The molecule has 0 saturated carbocycles. The SMILES string of the molecule is C[C@@]1(c2cccc3ccn(Cc4ccccc4)c23)O[C@H]1CO. The van der Waals surface area contributed by atoms with E-state index in [-0.39, 0.29) is 18.3 Å². The summed E-state index contributed by atoms with van der Waals surface area (Å²) in [7, 11) is 0. The maximum atomic E-state index is 9.40. The predicted octanol–water partition coefficient (Wildman–Crippen LogP) is 3.30. The van der Waals surface area contributed by atoms with Crippen LogP contribution in [0, 0.1) is 0 Å². The van der Waals surface area contributed by atoms with Gasteiger partial charge in [0.05, 0.1) is 12.1 Å². The molecule has 4 rings (SSSR count). The number of epoxide rings is 1. The summed E-state index contributed by atoms with van der Waals surface area (Å²) in [6.45, 7) is 2.95. The van der Waals surface area contributed by atoms with Gasteiger partial charge in [0, 0.05) is 18.3 Å². The molecule has 1 aliphatic heterocycles. The van der Waals surface area contributed by atoms with E-state index < -0.39 is 0 Å². The molecule has 0 amide bonds. The highest BCUT2D eigenvalue weighted by molar-refractivity contribution is 5.84. The van der Waals surface area contributed by atoms with Gasteiger partial charge in [-0.2, -0.15) is 0 Å². The van der Waals surface area contributed by atoms with Crippen molar-refractivity contribution in [2.24, 2.45) is 0 Å². The quantitative estimate of drug-likeness (QED) is 0.750. The summed E-state index contributed by atoms with van der Waals surface area (Å²) in [6, 6.07) is 18.9. The maximum absolute atomic E-state index is 9.40. The third-order valence-corrected chi connectivity index (χ3v) is 4.63. The lowest BCUT2D eigenvalue weighted by Gasteiger charge is -2.13. The summed E-state index contributed by atoms with van der Waals surface area (Å²) < 4.78 is 8.02. The van der Waals surface area contributed by atoms with Crippen LogP contribution in [0.5, 0.6) is 0 Å². The highest BCUT2D eigenvalue weighted by Crippen LogP contribution is 2.48. The van der Waals surface area contributed by atoms with Crippen LogP contribution in [-0.4, -0.2) is 22.4 Å². The van der Waals surface area contributed by atoms with Crippen molar-refractivity contribution < 1.29 is 9.84 Å². The van der Waals surface area contributed by atoms with Crippen LogP contribution in [-0.2, 0) is 16.9 Å². The van der Waals surface area contributed by atoms with Gasteiger partial charge < -0.3 is 14.4 Å². The largest absolute Gasteiger partial charge is 0.394 e. The summed E-state index contributed by atoms with van der Waals surface area (Å²) in [5.41, 5.74) is 3.26. The van der Waals surface area contributed by atoms with E-state index in [1.165, 1.54) is 16.5 Å². The van der Waals surface area contributed by atoms with E-state index in [0.717, 1.165) is 12.1 Å². The third kappa shape index (κ3) is 2.05. The first-order chi connectivity index (χ1) is 10.7. The first kappa shape index (κ1) is 13.6. The number of rotatable bonds is 4. The van der Waals surface area contributed by atoms with Crippen molar-refractivity contribution in [3.05, 3.63) is 71.9 Å². The lowest BCUT2D eigenvalue weighted by atomic mass is 9.95. The normalized spacial score (nSPS) is 23.8. The average molecular weight is 293 g/mol. The number of hydrogen-bond donors (Lipinski definition) is 1. The maximum Gasteiger partial charge on any atom is 0.121 e. The van der Waals surface area contributed by atoms with Gasteiger partial charge in [-0.1, -0.05) is 48.5 Å². The van der Waals surface area contributed by atoms with E-state index >= 15 is 0 Å². The molecule has 3 nitrogen and oxygen atoms in total. The van der Waals surface area contributed by atoms with Crippen molar-refractivity contribution in [1.29, 1.82) is 0 Å². The van der Waals surface area contributed by atoms with Gasteiger partial charge in [0.25, 0.3) is 0 Å². The van der Waals surface area contributed by atoms with Gasteiger partial charge in [-0.3, -0.25) is 0 Å². The molecule has 0 radical (unpaired) electrons. The lowest BCUT2D eigenvalue weighted by molar-refractivity contribution is 0.237. The minimum atomic E-state index is -0.374. The van der Waals surface area contributed by atoms with Crippen LogP contribution in [0.1, 0.15) is 18.1 Å². The Morgan fingerprint density at radius 1 is 1.09 bits per heavy atom. The lowest BCUT2D eigenvalue weighted by Crippen LogP contribution is -2.12. The molecule has 1 aliphatic rings. The smallest absolute Gasteiger partial charge is 0.121 e. The van der Waals surface area contributed by atoms with Gasteiger partial charge in [0.15, 0.2) is 0 Å². The number of fused-ring (bicyclic) bond motifs is 1. The molecule has 0 bridgehead atoms. The van der Waals surface area contributed by atoms with Crippen molar-refractivity contribution in [3.63, 3.8) is 0 Å². The second-order valence-electron chi connectivity index (χ2n) is 6.07. The summed E-state index contributed by atoms with van der Waals surface area (Å²) >= 11 is 0. The molecule has 0 unspecified atom stereocenters. The molecular formula is C19H19NO2. The number of benzene rings is 2. The molecule has 1 fully saturated rings. The van der Waals surface area contributed by atoms with E-state index in [0.29, 0.717) is 0 Å². The van der Waals surface area contributed by atoms with Crippen LogP contribution < -0.4 is 0 Å². The first-order valence-corrected chi connectivity index (χ1v) is 7.63. The van der Waals surface area contributed by atoms with Crippen LogP contribution in [0.2, 0.25) is 0 Å². The van der Waals surface area contributed by atoms with Crippen molar-refractivity contribution in [1.82, 2.24) is 4.57 Å². The number of aromatic nitrogens is 1. The summed E-state index contributed by atoms with van der Waals surface area (Å²) in [6.07, 6.45) is 2.03. The number of aliphatic hydroxyl groups excluding tert-OH is 1. The molecule has 2 atom stereocenters. The zero-order valence-electron chi connectivity index (χ0n) is 12.6. The Kier molecular flexibility index (Phi) is 3.06. The van der Waals surface area contributed by atoms with Crippen LogP contribution >= 0.6 is 0 Å². The second-order valence-corrected chi connectivity index (χ2v) is 6.07. The number of aliphatic hydroxyl groups is 1. The van der Waals surface area contributed by atoms with E-state index in [2.05, 4.69) is 66.2 Å². The van der Waals surface area contributed by atoms with Crippen LogP contribution in [0.15, 0.2) is 60.8 Å². The summed E-state index contributed by atoms with van der Waals surface area (Å²) in [5, 5.41) is 10.6. The Labute approximate surface area is 129 Å². The number of hydrogen-bond acceptors (Lipinski definition) is 2. The van der Waals surface area contributed by atoms with Crippen molar-refractivity contribution in [2.75, 3.05) is 6.61 Å². The standard InChI is InChI=1S/C19H19NO2/c1-19(17(13-21)22-19)16-9-5-8-15-10-11-20(18(15)16)12-14-6-3-2-4-7-14/h2-11,17,21H,12-13H2,1H3/t17-,19-/m0/s1. The minimum Gasteiger partial charge on any atom is -0.394 e.